The zero-order valence-corrected chi connectivity index (χ0v) is 21.8. The summed E-state index contributed by atoms with van der Waals surface area (Å²) in [5.41, 5.74) is 7.22. The molecule has 0 spiro atoms. The van der Waals surface area contributed by atoms with Crippen molar-refractivity contribution in [3.8, 4) is 0 Å². The molecule has 1 aliphatic carbocycles. The van der Waals surface area contributed by atoms with Crippen molar-refractivity contribution in [3.05, 3.63) is 52.3 Å². The smallest absolute Gasteiger partial charge is 0.250 e. The number of Topliss-reactive ketones (excluding diaryl/α,β-unsaturated/α-hetero) is 1. The van der Waals surface area contributed by atoms with Gasteiger partial charge in [-0.2, -0.15) is 0 Å². The highest BCUT2D eigenvalue weighted by Crippen LogP contribution is 2.38. The summed E-state index contributed by atoms with van der Waals surface area (Å²) < 4.78 is 2.13. The van der Waals surface area contributed by atoms with Crippen molar-refractivity contribution < 1.29 is 9.90 Å². The molecule has 0 radical (unpaired) electrons. The van der Waals surface area contributed by atoms with Crippen LogP contribution in [0.1, 0.15) is 59.8 Å². The first-order valence-electron chi connectivity index (χ1n) is 12.0. The number of benzene rings is 2. The van der Waals surface area contributed by atoms with Crippen molar-refractivity contribution in [1.29, 1.82) is 0 Å². The summed E-state index contributed by atoms with van der Waals surface area (Å²) in [7, 11) is 7.90. The van der Waals surface area contributed by atoms with Crippen LogP contribution in [0.25, 0.3) is 16.7 Å². The van der Waals surface area contributed by atoms with Crippen LogP contribution >= 0.6 is 0 Å². The van der Waals surface area contributed by atoms with E-state index in [0.717, 1.165) is 46.4 Å². The Morgan fingerprint density at radius 1 is 0.914 bits per heavy atom. The van der Waals surface area contributed by atoms with Crippen molar-refractivity contribution in [1.82, 2.24) is 9.55 Å². The minimum atomic E-state index is -0.434. The topological polar surface area (TPSA) is 86.3 Å². The van der Waals surface area contributed by atoms with Crippen molar-refractivity contribution in [2.75, 3.05) is 38.0 Å². The minimum absolute atomic E-state index is 0.187. The molecule has 1 N–H and O–H groups in total. The van der Waals surface area contributed by atoms with Crippen LogP contribution in [0.15, 0.2) is 40.3 Å². The van der Waals surface area contributed by atoms with Gasteiger partial charge < -0.3 is 19.5 Å². The largest absolute Gasteiger partial charge is 0.503 e. The Balaban J connectivity index is 1.86. The lowest BCUT2D eigenvalue weighted by molar-refractivity contribution is 0.0984. The molecule has 0 fully saturated rings. The monoisotopic (exact) mass is 474 g/mol. The van der Waals surface area contributed by atoms with Gasteiger partial charge in [-0.25, -0.2) is 4.98 Å². The number of anilines is 2. The first-order valence-corrected chi connectivity index (χ1v) is 12.0. The maximum Gasteiger partial charge on any atom is 0.250 e. The number of fused-ring (bicyclic) bond motifs is 2. The van der Waals surface area contributed by atoms with E-state index in [1.54, 1.807) is 6.07 Å². The second-order valence-electron chi connectivity index (χ2n) is 9.58. The van der Waals surface area contributed by atoms with Crippen LogP contribution in [0.2, 0.25) is 0 Å². The Kier molecular flexibility index (Phi) is 6.40. The molecule has 3 aromatic rings. The quantitative estimate of drug-likeness (QED) is 0.403. The molecule has 0 saturated heterocycles. The maximum absolute atomic E-state index is 12.8. The van der Waals surface area contributed by atoms with Gasteiger partial charge in [0.15, 0.2) is 5.76 Å². The van der Waals surface area contributed by atoms with Crippen LogP contribution in [-0.2, 0) is 0 Å². The van der Waals surface area contributed by atoms with Gasteiger partial charge in [0.1, 0.15) is 5.70 Å². The first kappa shape index (κ1) is 24.4. The molecule has 184 valence electrons. The van der Waals surface area contributed by atoms with Crippen LogP contribution in [0, 0.1) is 13.8 Å². The van der Waals surface area contributed by atoms with E-state index in [0.29, 0.717) is 17.1 Å². The number of imidazole rings is 1. The number of rotatable bonds is 7. The molecule has 1 aliphatic rings. The summed E-state index contributed by atoms with van der Waals surface area (Å²) in [6.45, 7) is 8.34. The standard InChI is InChI=1S/C27H34N6O2/c1-9-17(10-2)33-23-14-22(32(7)8)16(4)12-20(23)28-27(33)30-29-24-18-11-15(3)21(31(5)6)13-19(18)25(34)26(24)35/h11-14,17H,9-10H2,1-8H3,(H,34,35). The molecule has 0 atom stereocenters. The number of hydrogen-bond acceptors (Lipinski definition) is 7. The number of nitrogens with zero attached hydrogens (tertiary/aromatic N) is 6. The van der Waals surface area contributed by atoms with Crippen molar-refractivity contribution in [2.24, 2.45) is 10.2 Å². The fraction of sp³-hybridized carbons (Fsp3) is 0.407. The number of carbonyl (C=O) groups is 1. The van der Waals surface area contributed by atoms with Gasteiger partial charge in [-0.1, -0.05) is 13.8 Å². The lowest BCUT2D eigenvalue weighted by Gasteiger charge is -2.19. The molecule has 2 aromatic carbocycles. The summed E-state index contributed by atoms with van der Waals surface area (Å²) >= 11 is 0. The van der Waals surface area contributed by atoms with Gasteiger partial charge in [0, 0.05) is 56.7 Å². The molecule has 1 heterocycles. The van der Waals surface area contributed by atoms with E-state index in [2.05, 4.69) is 52.6 Å². The summed E-state index contributed by atoms with van der Waals surface area (Å²) in [6.07, 6.45) is 1.83. The zero-order chi connectivity index (χ0) is 25.6. The van der Waals surface area contributed by atoms with E-state index in [1.165, 1.54) is 0 Å². The fourth-order valence-electron chi connectivity index (χ4n) is 4.91. The lowest BCUT2D eigenvalue weighted by Crippen LogP contribution is -2.11. The van der Waals surface area contributed by atoms with Gasteiger partial charge in [-0.15, -0.1) is 10.2 Å². The molecule has 8 heteroatoms. The van der Waals surface area contributed by atoms with Crippen LogP contribution in [0.5, 0.6) is 0 Å². The van der Waals surface area contributed by atoms with Crippen LogP contribution in [0.4, 0.5) is 17.3 Å². The first-order chi connectivity index (χ1) is 16.6. The highest BCUT2D eigenvalue weighted by Gasteiger charge is 2.31. The lowest BCUT2D eigenvalue weighted by atomic mass is 10.0. The Hall–Kier alpha value is -3.68. The maximum atomic E-state index is 12.8. The summed E-state index contributed by atoms with van der Waals surface area (Å²) in [4.78, 5) is 21.6. The molecular formula is C27H34N6O2. The number of aliphatic hydroxyl groups excluding tert-OH is 1. The highest BCUT2D eigenvalue weighted by atomic mass is 16.3. The van der Waals surface area contributed by atoms with Crippen molar-refractivity contribution >= 4 is 39.8 Å². The number of aliphatic hydroxyl groups is 1. The second kappa shape index (κ2) is 9.17. The van der Waals surface area contributed by atoms with E-state index in [4.69, 9.17) is 4.98 Å². The van der Waals surface area contributed by atoms with Gasteiger partial charge in [0.25, 0.3) is 5.95 Å². The Labute approximate surface area is 206 Å². The predicted octanol–water partition coefficient (Wildman–Crippen LogP) is 6.35. The third-order valence-electron chi connectivity index (χ3n) is 6.77. The highest BCUT2D eigenvalue weighted by molar-refractivity contribution is 6.19. The van der Waals surface area contributed by atoms with Crippen LogP contribution in [0.3, 0.4) is 0 Å². The summed E-state index contributed by atoms with van der Waals surface area (Å²) in [6, 6.07) is 8.09. The molecule has 0 bridgehead atoms. The van der Waals surface area contributed by atoms with Crippen LogP contribution in [-0.4, -0.2) is 48.6 Å². The molecule has 0 aliphatic heterocycles. The van der Waals surface area contributed by atoms with Crippen molar-refractivity contribution in [3.63, 3.8) is 0 Å². The van der Waals surface area contributed by atoms with Gasteiger partial charge >= 0.3 is 0 Å². The molecule has 8 nitrogen and oxygen atoms in total. The number of aromatic nitrogens is 2. The van der Waals surface area contributed by atoms with E-state index in [1.807, 2.05) is 46.1 Å². The number of carbonyl (C=O) groups excluding carboxylic acids is 1. The van der Waals surface area contributed by atoms with E-state index in [-0.39, 0.29) is 17.5 Å². The minimum Gasteiger partial charge on any atom is -0.503 e. The van der Waals surface area contributed by atoms with E-state index >= 15 is 0 Å². The Morgan fingerprint density at radius 3 is 2.11 bits per heavy atom. The molecule has 0 saturated carbocycles. The van der Waals surface area contributed by atoms with Gasteiger partial charge in [0.2, 0.25) is 5.78 Å². The molecule has 0 amide bonds. The number of azo groups is 1. The van der Waals surface area contributed by atoms with E-state index < -0.39 is 5.78 Å². The predicted molar refractivity (Wildman–Crippen MR) is 142 cm³/mol. The molecule has 35 heavy (non-hydrogen) atoms. The van der Waals surface area contributed by atoms with Gasteiger partial charge in [-0.05, 0) is 62.1 Å². The number of ketones is 1. The van der Waals surface area contributed by atoms with E-state index in [9.17, 15) is 9.90 Å². The molecule has 1 aromatic heterocycles. The normalized spacial score (nSPS) is 13.6. The zero-order valence-electron chi connectivity index (χ0n) is 21.8. The Bertz CT molecular complexity index is 1380. The third kappa shape index (κ3) is 4.07. The average molecular weight is 475 g/mol. The average Bonchev–Trinajstić information content (AvgIpc) is 3.26. The molecule has 4 rings (SSSR count). The van der Waals surface area contributed by atoms with Gasteiger partial charge in [0.05, 0.1) is 11.0 Å². The SMILES string of the molecule is CCC(CC)n1c(N=NC2=C(O)C(=O)c3cc(N(C)C)c(C)cc32)nc2cc(C)c(N(C)C)cc21. The Morgan fingerprint density at radius 2 is 1.51 bits per heavy atom. The summed E-state index contributed by atoms with van der Waals surface area (Å²) in [5.74, 6) is -0.348. The van der Waals surface area contributed by atoms with Crippen molar-refractivity contribution in [2.45, 2.75) is 46.6 Å². The molecule has 0 unspecified atom stereocenters. The second-order valence-corrected chi connectivity index (χ2v) is 9.58. The number of aryl methyl sites for hydroxylation is 2. The molecular weight excluding hydrogens is 440 g/mol. The van der Waals surface area contributed by atoms with Crippen LogP contribution < -0.4 is 9.80 Å². The number of hydrogen-bond donors (Lipinski definition) is 1. The third-order valence-corrected chi connectivity index (χ3v) is 6.77. The fourth-order valence-corrected chi connectivity index (χ4v) is 4.91. The summed E-state index contributed by atoms with van der Waals surface area (Å²) in [5, 5.41) is 19.5. The van der Waals surface area contributed by atoms with Gasteiger partial charge in [-0.3, -0.25) is 4.79 Å². The number of allylic oxidation sites excluding steroid dienone is 1.